The maximum atomic E-state index is 12.1. The van der Waals surface area contributed by atoms with Crippen molar-refractivity contribution in [1.29, 1.82) is 5.26 Å². The average Bonchev–Trinajstić information content (AvgIpc) is 2.81. The Hall–Kier alpha value is -2.05. The SMILES string of the molecule is Cc1ccc(C#N)cc1S(=O)(=O)Nc1nnns1. The van der Waals surface area contributed by atoms with Crippen LogP contribution < -0.4 is 4.72 Å². The molecule has 92 valence electrons. The molecule has 0 saturated carbocycles. The first-order valence-electron chi connectivity index (χ1n) is 4.71. The Morgan fingerprint density at radius 2 is 2.22 bits per heavy atom. The zero-order valence-electron chi connectivity index (χ0n) is 9.15. The third-order valence-electron chi connectivity index (χ3n) is 2.13. The Labute approximate surface area is 107 Å². The first-order valence-corrected chi connectivity index (χ1v) is 6.97. The third-order valence-corrected chi connectivity index (χ3v) is 4.25. The highest BCUT2D eigenvalue weighted by Crippen LogP contribution is 2.20. The number of aromatic nitrogens is 3. The molecule has 2 rings (SSSR count). The van der Waals surface area contributed by atoms with E-state index in [1.807, 2.05) is 6.07 Å². The molecule has 0 aliphatic rings. The molecule has 0 unspecified atom stereocenters. The zero-order valence-corrected chi connectivity index (χ0v) is 10.8. The molecular formula is C9H7N5O2S2. The van der Waals surface area contributed by atoms with Gasteiger partial charge in [-0.25, -0.2) is 8.42 Å². The van der Waals surface area contributed by atoms with Crippen LogP contribution in [0.15, 0.2) is 23.1 Å². The summed E-state index contributed by atoms with van der Waals surface area (Å²) in [5.41, 5.74) is 0.815. The standard InChI is InChI=1S/C9H7N5O2S2/c1-6-2-3-7(5-10)4-8(6)18(15,16)12-9-11-13-14-17-9/h2-4H,1H3,(H,11,12,14). The molecule has 2 aromatic rings. The van der Waals surface area contributed by atoms with Gasteiger partial charge in [0.2, 0.25) is 5.13 Å². The highest BCUT2D eigenvalue weighted by Gasteiger charge is 2.19. The molecule has 1 aromatic carbocycles. The van der Waals surface area contributed by atoms with Gasteiger partial charge in [0.05, 0.1) is 16.5 Å². The van der Waals surface area contributed by atoms with Crippen LogP contribution in [0.2, 0.25) is 0 Å². The molecule has 1 heterocycles. The minimum Gasteiger partial charge on any atom is -0.252 e. The van der Waals surface area contributed by atoms with E-state index >= 15 is 0 Å². The van der Waals surface area contributed by atoms with Crippen molar-refractivity contribution in [3.05, 3.63) is 29.3 Å². The summed E-state index contributed by atoms with van der Waals surface area (Å²) in [7, 11) is -3.78. The van der Waals surface area contributed by atoms with E-state index in [1.54, 1.807) is 19.1 Å². The summed E-state index contributed by atoms with van der Waals surface area (Å²) in [6, 6.07) is 6.34. The van der Waals surface area contributed by atoms with Crippen molar-refractivity contribution in [3.63, 3.8) is 0 Å². The number of hydrogen-bond donors (Lipinski definition) is 1. The fourth-order valence-corrected chi connectivity index (χ4v) is 3.16. The molecular weight excluding hydrogens is 274 g/mol. The van der Waals surface area contributed by atoms with E-state index in [4.69, 9.17) is 5.26 Å². The summed E-state index contributed by atoms with van der Waals surface area (Å²) in [6.45, 7) is 1.65. The lowest BCUT2D eigenvalue weighted by molar-refractivity contribution is 0.600. The van der Waals surface area contributed by atoms with Crippen LogP contribution in [0.5, 0.6) is 0 Å². The van der Waals surface area contributed by atoms with Gasteiger partial charge in [-0.15, -0.1) is 0 Å². The molecule has 18 heavy (non-hydrogen) atoms. The second kappa shape index (κ2) is 4.67. The minimum absolute atomic E-state index is 0.0387. The van der Waals surface area contributed by atoms with Gasteiger partial charge in [0.25, 0.3) is 10.0 Å². The van der Waals surface area contributed by atoms with Crippen molar-refractivity contribution in [2.24, 2.45) is 0 Å². The lowest BCUT2D eigenvalue weighted by Gasteiger charge is -2.07. The monoisotopic (exact) mass is 281 g/mol. The molecule has 0 bridgehead atoms. The summed E-state index contributed by atoms with van der Waals surface area (Å²) >= 11 is 0.833. The second-order valence-electron chi connectivity index (χ2n) is 3.37. The first-order chi connectivity index (χ1) is 8.53. The van der Waals surface area contributed by atoms with Gasteiger partial charge < -0.3 is 0 Å². The van der Waals surface area contributed by atoms with E-state index in [-0.39, 0.29) is 15.6 Å². The summed E-state index contributed by atoms with van der Waals surface area (Å²) < 4.78 is 29.9. The topological polar surface area (TPSA) is 109 Å². The minimum atomic E-state index is -3.78. The van der Waals surface area contributed by atoms with Crippen LogP contribution in [0.25, 0.3) is 0 Å². The van der Waals surface area contributed by atoms with Crippen LogP contribution in [0, 0.1) is 18.3 Å². The van der Waals surface area contributed by atoms with Crippen LogP contribution in [0.3, 0.4) is 0 Å². The fraction of sp³-hybridized carbons (Fsp3) is 0.111. The predicted octanol–water partition coefficient (Wildman–Crippen LogP) is 0.914. The van der Waals surface area contributed by atoms with E-state index in [1.165, 1.54) is 6.07 Å². The van der Waals surface area contributed by atoms with Gasteiger partial charge in [0.15, 0.2) is 0 Å². The number of hydrogen-bond acceptors (Lipinski definition) is 7. The van der Waals surface area contributed by atoms with Crippen LogP contribution in [-0.2, 0) is 10.0 Å². The van der Waals surface area contributed by atoms with Gasteiger partial charge in [-0.3, -0.25) is 4.72 Å². The van der Waals surface area contributed by atoms with Gasteiger partial charge in [-0.05, 0) is 29.8 Å². The van der Waals surface area contributed by atoms with Crippen molar-refractivity contribution in [3.8, 4) is 6.07 Å². The van der Waals surface area contributed by atoms with Crippen LogP contribution >= 0.6 is 11.5 Å². The van der Waals surface area contributed by atoms with Crippen molar-refractivity contribution < 1.29 is 8.42 Å². The molecule has 0 fully saturated rings. The number of nitrogens with zero attached hydrogens (tertiary/aromatic N) is 4. The van der Waals surface area contributed by atoms with Crippen LogP contribution in [0.4, 0.5) is 5.13 Å². The number of rotatable bonds is 3. The molecule has 0 aliphatic heterocycles. The number of nitriles is 1. The number of aryl methyl sites for hydroxylation is 1. The Bertz CT molecular complexity index is 703. The number of sulfonamides is 1. The van der Waals surface area contributed by atoms with Gasteiger partial charge in [-0.1, -0.05) is 15.7 Å². The Kier molecular flexibility index (Phi) is 3.22. The molecule has 0 amide bonds. The van der Waals surface area contributed by atoms with Gasteiger partial charge in [-0.2, -0.15) is 5.26 Å². The number of nitrogens with one attached hydrogen (secondary N) is 1. The van der Waals surface area contributed by atoms with Gasteiger partial charge in [0.1, 0.15) is 0 Å². The molecule has 0 aliphatic carbocycles. The zero-order chi connectivity index (χ0) is 13.2. The van der Waals surface area contributed by atoms with Crippen LogP contribution in [-0.4, -0.2) is 23.2 Å². The van der Waals surface area contributed by atoms with E-state index in [9.17, 15) is 8.42 Å². The molecule has 7 nitrogen and oxygen atoms in total. The maximum absolute atomic E-state index is 12.1. The van der Waals surface area contributed by atoms with E-state index in [0.717, 1.165) is 11.5 Å². The van der Waals surface area contributed by atoms with Crippen molar-refractivity contribution in [2.75, 3.05) is 4.72 Å². The molecule has 0 saturated heterocycles. The maximum Gasteiger partial charge on any atom is 0.264 e. The summed E-state index contributed by atoms with van der Waals surface area (Å²) in [5, 5.41) is 15.7. The lowest BCUT2D eigenvalue weighted by Crippen LogP contribution is -2.14. The number of benzene rings is 1. The lowest BCUT2D eigenvalue weighted by atomic mass is 10.2. The molecule has 0 spiro atoms. The molecule has 9 heteroatoms. The number of anilines is 1. The average molecular weight is 281 g/mol. The highest BCUT2D eigenvalue weighted by molar-refractivity contribution is 7.93. The van der Waals surface area contributed by atoms with E-state index in [0.29, 0.717) is 5.56 Å². The van der Waals surface area contributed by atoms with Crippen LogP contribution in [0.1, 0.15) is 11.1 Å². The molecule has 1 N–H and O–H groups in total. The van der Waals surface area contributed by atoms with Gasteiger partial charge in [0, 0.05) is 11.5 Å². The molecule has 0 radical (unpaired) electrons. The molecule has 0 atom stereocenters. The van der Waals surface area contributed by atoms with Crippen molar-refractivity contribution in [1.82, 2.24) is 14.8 Å². The highest BCUT2D eigenvalue weighted by atomic mass is 32.2. The Balaban J connectivity index is 2.44. The quantitative estimate of drug-likeness (QED) is 0.895. The fourth-order valence-electron chi connectivity index (χ4n) is 1.30. The Morgan fingerprint density at radius 3 is 2.83 bits per heavy atom. The first kappa shape index (κ1) is 12.4. The van der Waals surface area contributed by atoms with Crippen molar-refractivity contribution in [2.45, 2.75) is 11.8 Å². The normalized spacial score (nSPS) is 10.9. The molecule has 1 aromatic heterocycles. The predicted molar refractivity (Wildman–Crippen MR) is 64.4 cm³/mol. The van der Waals surface area contributed by atoms with Crippen molar-refractivity contribution >= 4 is 26.7 Å². The third kappa shape index (κ3) is 2.44. The van der Waals surface area contributed by atoms with E-state index < -0.39 is 10.0 Å². The summed E-state index contributed by atoms with van der Waals surface area (Å²) in [5.74, 6) is 0. The second-order valence-corrected chi connectivity index (χ2v) is 5.75. The summed E-state index contributed by atoms with van der Waals surface area (Å²) in [4.78, 5) is 0.0387. The Morgan fingerprint density at radius 1 is 1.44 bits per heavy atom. The smallest absolute Gasteiger partial charge is 0.252 e. The van der Waals surface area contributed by atoms with Gasteiger partial charge >= 0.3 is 0 Å². The largest absolute Gasteiger partial charge is 0.264 e. The van der Waals surface area contributed by atoms with E-state index in [2.05, 4.69) is 19.5 Å². The summed E-state index contributed by atoms with van der Waals surface area (Å²) in [6.07, 6.45) is 0.